The number of dihydropyridines is 1. The summed E-state index contributed by atoms with van der Waals surface area (Å²) >= 11 is 3.31. The number of ether oxygens (including phenoxy) is 3. The SMILES string of the molecule is CCOC(=O)C1=C(C)NC2=C(C(=O)[C@@H](C(=O)OC)[C@@H](C)C2)[C@@H]1c1cc(Br)c(O)c(OC)c1. The number of ketones is 1. The van der Waals surface area contributed by atoms with Gasteiger partial charge in [-0.1, -0.05) is 6.92 Å². The Hall–Kier alpha value is -2.81. The molecule has 32 heavy (non-hydrogen) atoms. The van der Waals surface area contributed by atoms with Crippen molar-refractivity contribution in [2.45, 2.75) is 33.1 Å². The molecule has 3 atom stereocenters. The number of carbonyl (C=O) groups excluding carboxylic acids is 3. The second-order valence-corrected chi connectivity index (χ2v) is 8.66. The molecule has 2 N–H and O–H groups in total. The summed E-state index contributed by atoms with van der Waals surface area (Å²) in [6.45, 7) is 5.43. The van der Waals surface area contributed by atoms with Gasteiger partial charge in [0.1, 0.15) is 5.92 Å². The van der Waals surface area contributed by atoms with E-state index in [9.17, 15) is 19.5 Å². The third-order valence-corrected chi connectivity index (χ3v) is 6.45. The van der Waals surface area contributed by atoms with E-state index >= 15 is 0 Å². The lowest BCUT2D eigenvalue weighted by Gasteiger charge is -2.38. The minimum absolute atomic E-state index is 0.103. The quantitative estimate of drug-likeness (QED) is 0.461. The number of carbonyl (C=O) groups is 3. The van der Waals surface area contributed by atoms with Crippen LogP contribution in [0.25, 0.3) is 0 Å². The highest BCUT2D eigenvalue weighted by molar-refractivity contribution is 9.10. The molecule has 2 aliphatic rings. The number of hydrogen-bond acceptors (Lipinski definition) is 8. The van der Waals surface area contributed by atoms with E-state index in [0.717, 1.165) is 0 Å². The van der Waals surface area contributed by atoms with Gasteiger partial charge in [-0.2, -0.15) is 0 Å². The van der Waals surface area contributed by atoms with E-state index in [1.54, 1.807) is 26.0 Å². The molecule has 0 aromatic heterocycles. The van der Waals surface area contributed by atoms with Crippen LogP contribution in [-0.2, 0) is 23.9 Å². The first-order chi connectivity index (χ1) is 15.2. The molecule has 3 rings (SSSR count). The first-order valence-corrected chi connectivity index (χ1v) is 11.0. The zero-order valence-corrected chi connectivity index (χ0v) is 20.2. The normalized spacial score (nSPS) is 22.8. The predicted molar refractivity (Wildman–Crippen MR) is 119 cm³/mol. The van der Waals surface area contributed by atoms with Crippen molar-refractivity contribution in [2.24, 2.45) is 11.8 Å². The smallest absolute Gasteiger partial charge is 0.336 e. The van der Waals surface area contributed by atoms with Crippen LogP contribution in [0.3, 0.4) is 0 Å². The molecule has 8 nitrogen and oxygen atoms in total. The van der Waals surface area contributed by atoms with Crippen molar-refractivity contribution in [3.05, 3.63) is 44.7 Å². The van der Waals surface area contributed by atoms with Gasteiger partial charge in [-0.3, -0.25) is 9.59 Å². The zero-order valence-electron chi connectivity index (χ0n) is 18.6. The number of methoxy groups -OCH3 is 2. The average molecular weight is 508 g/mol. The molecule has 1 aromatic carbocycles. The Labute approximate surface area is 194 Å². The summed E-state index contributed by atoms with van der Waals surface area (Å²) < 4.78 is 15.8. The van der Waals surface area contributed by atoms with Crippen molar-refractivity contribution in [3.8, 4) is 11.5 Å². The van der Waals surface area contributed by atoms with Crippen LogP contribution in [0.5, 0.6) is 11.5 Å². The number of esters is 2. The lowest BCUT2D eigenvalue weighted by Crippen LogP contribution is -2.43. The van der Waals surface area contributed by atoms with E-state index in [-0.39, 0.29) is 29.6 Å². The standard InChI is InChI=1S/C23H26BrNO7/c1-6-32-23(29)17-11(3)25-14-7-10(2)16(22(28)31-5)21(27)19(14)18(17)12-8-13(24)20(26)15(9-12)30-4/h8-10,16,18,25-26H,6-7H2,1-5H3/t10-,16-,18+/m0/s1. The highest BCUT2D eigenvalue weighted by Crippen LogP contribution is 2.48. The minimum atomic E-state index is -0.979. The zero-order chi connectivity index (χ0) is 23.7. The molecule has 0 fully saturated rings. The molecular formula is C23H26BrNO7. The van der Waals surface area contributed by atoms with Crippen LogP contribution < -0.4 is 10.1 Å². The number of phenols is 1. The van der Waals surface area contributed by atoms with Crippen LogP contribution in [0, 0.1) is 11.8 Å². The maximum Gasteiger partial charge on any atom is 0.336 e. The first-order valence-electron chi connectivity index (χ1n) is 10.2. The number of rotatable bonds is 5. The summed E-state index contributed by atoms with van der Waals surface area (Å²) in [5.74, 6) is -3.58. The highest BCUT2D eigenvalue weighted by Gasteiger charge is 2.47. The number of halogens is 1. The fourth-order valence-electron chi connectivity index (χ4n) is 4.41. The third kappa shape index (κ3) is 4.01. The molecule has 9 heteroatoms. The largest absolute Gasteiger partial charge is 0.503 e. The number of phenolic OH excluding ortho intramolecular Hbond substituents is 1. The molecule has 1 heterocycles. The molecule has 0 bridgehead atoms. The Morgan fingerprint density at radius 1 is 1.28 bits per heavy atom. The fraction of sp³-hybridized carbons (Fsp3) is 0.435. The molecule has 0 amide bonds. The Morgan fingerprint density at radius 3 is 2.56 bits per heavy atom. The van der Waals surface area contributed by atoms with E-state index < -0.39 is 29.6 Å². The molecule has 172 valence electrons. The number of Topliss-reactive ketones (excluding diaryl/α,β-unsaturated/α-hetero) is 1. The van der Waals surface area contributed by atoms with Gasteiger partial charge >= 0.3 is 11.9 Å². The number of aromatic hydroxyl groups is 1. The Bertz CT molecular complexity index is 1040. The van der Waals surface area contributed by atoms with Gasteiger partial charge in [-0.15, -0.1) is 0 Å². The van der Waals surface area contributed by atoms with Gasteiger partial charge < -0.3 is 24.6 Å². The van der Waals surface area contributed by atoms with Gasteiger partial charge in [0, 0.05) is 22.9 Å². The molecule has 0 radical (unpaired) electrons. The third-order valence-electron chi connectivity index (χ3n) is 5.84. The first kappa shape index (κ1) is 23.8. The number of hydrogen-bond donors (Lipinski definition) is 2. The molecule has 1 aromatic rings. The van der Waals surface area contributed by atoms with Gasteiger partial charge in [-0.05, 0) is 59.8 Å². The summed E-state index contributed by atoms with van der Waals surface area (Å²) in [5.41, 5.74) is 2.33. The topological polar surface area (TPSA) is 111 Å². The van der Waals surface area contributed by atoms with E-state index in [2.05, 4.69) is 21.2 Å². The Kier molecular flexibility index (Phi) is 6.97. The lowest BCUT2D eigenvalue weighted by molar-refractivity contribution is -0.151. The summed E-state index contributed by atoms with van der Waals surface area (Å²) in [5, 5.41) is 13.5. The molecule has 0 saturated heterocycles. The summed E-state index contributed by atoms with van der Waals surface area (Å²) in [4.78, 5) is 39.0. The molecule has 0 saturated carbocycles. The van der Waals surface area contributed by atoms with Crippen LogP contribution in [0.1, 0.15) is 38.7 Å². The van der Waals surface area contributed by atoms with Crippen LogP contribution in [0.2, 0.25) is 0 Å². The number of benzene rings is 1. The van der Waals surface area contributed by atoms with Crippen LogP contribution in [0.15, 0.2) is 39.1 Å². The van der Waals surface area contributed by atoms with Crippen molar-refractivity contribution in [1.29, 1.82) is 0 Å². The summed E-state index contributed by atoms with van der Waals surface area (Å²) in [7, 11) is 2.66. The van der Waals surface area contributed by atoms with Crippen molar-refractivity contribution in [3.63, 3.8) is 0 Å². The van der Waals surface area contributed by atoms with E-state index in [0.29, 0.717) is 33.4 Å². The summed E-state index contributed by atoms with van der Waals surface area (Å²) in [6, 6.07) is 3.20. The molecule has 1 aliphatic heterocycles. The van der Waals surface area contributed by atoms with Gasteiger partial charge in [0.15, 0.2) is 17.3 Å². The predicted octanol–water partition coefficient (Wildman–Crippen LogP) is 3.34. The molecule has 0 unspecified atom stereocenters. The average Bonchev–Trinajstić information content (AvgIpc) is 2.74. The highest BCUT2D eigenvalue weighted by atomic mass is 79.9. The van der Waals surface area contributed by atoms with Gasteiger partial charge in [0.25, 0.3) is 0 Å². The van der Waals surface area contributed by atoms with Crippen LogP contribution >= 0.6 is 15.9 Å². The summed E-state index contributed by atoms with van der Waals surface area (Å²) in [6.07, 6.45) is 0.432. The molecule has 0 spiro atoms. The second kappa shape index (κ2) is 9.36. The fourth-order valence-corrected chi connectivity index (χ4v) is 4.87. The maximum atomic E-state index is 13.6. The Morgan fingerprint density at radius 2 is 1.97 bits per heavy atom. The van der Waals surface area contributed by atoms with Crippen LogP contribution in [-0.4, -0.2) is 43.7 Å². The van der Waals surface area contributed by atoms with Gasteiger partial charge in [0.05, 0.1) is 30.9 Å². The van der Waals surface area contributed by atoms with Crippen molar-refractivity contribution in [2.75, 3.05) is 20.8 Å². The number of nitrogens with one attached hydrogen (secondary N) is 1. The number of allylic oxidation sites excluding steroid dienone is 3. The van der Waals surface area contributed by atoms with Crippen LogP contribution in [0.4, 0.5) is 0 Å². The monoisotopic (exact) mass is 507 g/mol. The van der Waals surface area contributed by atoms with E-state index in [4.69, 9.17) is 14.2 Å². The van der Waals surface area contributed by atoms with E-state index in [1.165, 1.54) is 14.2 Å². The van der Waals surface area contributed by atoms with Crippen molar-refractivity contribution >= 4 is 33.7 Å². The minimum Gasteiger partial charge on any atom is -0.503 e. The lowest BCUT2D eigenvalue weighted by atomic mass is 9.69. The molecule has 1 aliphatic carbocycles. The second-order valence-electron chi connectivity index (χ2n) is 7.81. The molecular weight excluding hydrogens is 482 g/mol. The Balaban J connectivity index is 2.26. The van der Waals surface area contributed by atoms with E-state index in [1.807, 2.05) is 6.92 Å². The maximum absolute atomic E-state index is 13.6. The van der Waals surface area contributed by atoms with Crippen molar-refractivity contribution in [1.82, 2.24) is 5.32 Å². The van der Waals surface area contributed by atoms with Crippen molar-refractivity contribution < 1.29 is 33.7 Å². The van der Waals surface area contributed by atoms with Gasteiger partial charge in [0.2, 0.25) is 0 Å². The van der Waals surface area contributed by atoms with Gasteiger partial charge in [-0.25, -0.2) is 4.79 Å².